The van der Waals surface area contributed by atoms with E-state index in [1.807, 2.05) is 84.0 Å². The molecule has 4 unspecified atom stereocenters. The number of amides is 11. The van der Waals surface area contributed by atoms with E-state index < -0.39 is 132 Å². The van der Waals surface area contributed by atoms with E-state index in [1.165, 1.54) is 55.4 Å². The first kappa shape index (κ1) is 89.9. The second-order valence-electron chi connectivity index (χ2n) is 28.0. The molecule has 11 amide bonds. The average molecular weight is 1570 g/mol. The molecular formula is C80H113ClN18O13. The second-order valence-corrected chi connectivity index (χ2v) is 28.5. The monoisotopic (exact) mass is 1570 g/mol. The van der Waals surface area contributed by atoms with Crippen molar-refractivity contribution < 1.29 is 63.0 Å². The molecule has 5 aromatic rings. The normalized spacial score (nSPS) is 14.8. The number of guanidine groups is 2. The molecule has 17 N–H and O–H groups in total. The zero-order valence-corrected chi connectivity index (χ0v) is 66.1. The maximum absolute atomic E-state index is 15.2. The number of aliphatic hydroxyl groups excluding tert-OH is 1. The SMILES string of the molecule is CCNC(=NCCCCC(NC(=O)[C@H](Cc1ccc(O)cc1)NC(=O)[C@@H](CO)NC(=O)[C@@H](Cc1cccnc1)NC(=O)C(Cc1ccc(Cl)cc1)NC(=O)[C@H](Cc1ccc2ccccc2c1)NC(C)=O)C(=O)NC(CC(C)C)C(=O)NC(CCCCN=C(NCC)NCC)C(=O)N1CCC[C@@H]1C(=O)N[C@H](C)C(N)=O)NCC. The van der Waals surface area contributed by atoms with Crippen molar-refractivity contribution in [3.8, 4) is 5.75 Å². The van der Waals surface area contributed by atoms with Crippen molar-refractivity contribution >= 4 is 99.3 Å². The molecule has 10 atom stereocenters. The fourth-order valence-corrected chi connectivity index (χ4v) is 12.8. The molecule has 1 saturated heterocycles. The smallest absolute Gasteiger partial charge is 0.245 e. The predicted octanol–water partition coefficient (Wildman–Crippen LogP) is 2.27. The van der Waals surface area contributed by atoms with E-state index in [-0.39, 0.29) is 76.0 Å². The first-order chi connectivity index (χ1) is 53.7. The maximum Gasteiger partial charge on any atom is 0.245 e. The lowest BCUT2D eigenvalue weighted by Crippen LogP contribution is -2.61. The van der Waals surface area contributed by atoms with Crippen LogP contribution in [0, 0.1) is 5.92 Å². The number of pyridine rings is 1. The predicted molar refractivity (Wildman–Crippen MR) is 429 cm³/mol. The number of halogens is 1. The van der Waals surface area contributed by atoms with Gasteiger partial charge in [-0.1, -0.05) is 98.2 Å². The molecular weight excluding hydrogens is 1460 g/mol. The highest BCUT2D eigenvalue weighted by Gasteiger charge is 2.40. The number of hydrogen-bond acceptors (Lipinski definition) is 16. The molecule has 112 heavy (non-hydrogen) atoms. The van der Waals surface area contributed by atoms with Gasteiger partial charge in [-0.2, -0.15) is 0 Å². The van der Waals surface area contributed by atoms with Crippen LogP contribution < -0.4 is 74.9 Å². The van der Waals surface area contributed by atoms with E-state index in [4.69, 9.17) is 17.3 Å². The number of aromatic hydroxyl groups is 1. The lowest BCUT2D eigenvalue weighted by atomic mass is 9.99. The topological polar surface area (TPSA) is 451 Å². The summed E-state index contributed by atoms with van der Waals surface area (Å²) in [5.41, 5.74) is 7.61. The highest BCUT2D eigenvalue weighted by Crippen LogP contribution is 2.23. The van der Waals surface area contributed by atoms with Gasteiger partial charge in [0.15, 0.2) is 11.9 Å². The number of fused-ring (bicyclic) bond motifs is 1. The Kier molecular flexibility index (Phi) is 38.0. The third kappa shape index (κ3) is 30.4. The van der Waals surface area contributed by atoms with E-state index in [0.717, 1.165) is 10.8 Å². The van der Waals surface area contributed by atoms with Crippen LogP contribution in [0.2, 0.25) is 5.02 Å². The number of carbonyl (C=O) groups excluding carboxylic acids is 11. The fraction of sp³-hybridized carbons (Fsp3) is 0.500. The van der Waals surface area contributed by atoms with Gasteiger partial charge in [0, 0.05) is 95.8 Å². The third-order valence-electron chi connectivity index (χ3n) is 18.5. The molecule has 608 valence electrons. The number of likely N-dealkylation sites (tertiary alicyclic amines) is 1. The number of nitrogens with zero attached hydrogens (tertiary/aromatic N) is 4. The van der Waals surface area contributed by atoms with Crippen LogP contribution in [0.15, 0.2) is 126 Å². The highest BCUT2D eigenvalue weighted by atomic mass is 35.5. The number of phenolic OH excluding ortho intramolecular Hbond substituents is 1. The summed E-state index contributed by atoms with van der Waals surface area (Å²) in [7, 11) is 0. The van der Waals surface area contributed by atoms with Crippen LogP contribution in [-0.2, 0) is 78.4 Å². The molecule has 6 rings (SSSR count). The van der Waals surface area contributed by atoms with E-state index in [1.54, 1.807) is 36.4 Å². The van der Waals surface area contributed by atoms with Crippen LogP contribution in [0.3, 0.4) is 0 Å². The van der Waals surface area contributed by atoms with Gasteiger partial charge in [0.05, 0.1) is 6.61 Å². The molecule has 31 nitrogen and oxygen atoms in total. The Bertz CT molecular complexity index is 3970. The molecule has 1 aromatic heterocycles. The number of aliphatic hydroxyl groups is 1. The second kappa shape index (κ2) is 47.3. The molecule has 32 heteroatoms. The summed E-state index contributed by atoms with van der Waals surface area (Å²) in [6, 6.07) is 15.3. The molecule has 0 spiro atoms. The van der Waals surface area contributed by atoms with Crippen molar-refractivity contribution in [2.75, 3.05) is 52.4 Å². The standard InChI is InChI=1S/C80H113ClN18O13/c1-9-84-79(85-10-2)88-38-17-15-24-60(70(104)94-62(41-49(5)6)71(105)93-61(25-16-18-39-89-80(86-11-3)87-12-4)78(112)99-40-20-26-68(99)77(111)90-50(7)69(82)103)92-73(107)64(44-53-30-35-59(102)36-31-53)97-76(110)67(48-100)98-75(109)66(46-55-21-19-37-83-47-55)96-74(108)65(43-52-28-33-58(81)34-29-52)95-72(106)63(91-51(8)101)45-54-27-32-56-22-13-14-23-57(56)42-54/h13-14,19,21-23,27-37,42,47,49-50,60-68,100,102H,9-12,15-18,20,24-26,38-41,43-46,48H2,1-8H3,(H2,82,103)(H,90,111)(H,91,101)(H,92,107)(H,93,105)(H,94,104)(H,95,106)(H,96,108)(H,97,110)(H,98,109)(H2,84,85,88)(H2,86,87,89)/t50-,60?,61?,62?,63+,64+,65?,66-,67-,68-/m1/s1. The minimum absolute atomic E-state index is 0.0365. The minimum Gasteiger partial charge on any atom is -0.508 e. The molecule has 2 heterocycles. The molecule has 0 saturated carbocycles. The molecule has 1 aliphatic rings. The van der Waals surface area contributed by atoms with Crippen LogP contribution in [0.25, 0.3) is 10.8 Å². The van der Waals surface area contributed by atoms with Gasteiger partial charge in [0.2, 0.25) is 65.0 Å². The average Bonchev–Trinajstić information content (AvgIpc) is 1.57. The van der Waals surface area contributed by atoms with Crippen LogP contribution in [0.1, 0.15) is 135 Å². The zero-order valence-electron chi connectivity index (χ0n) is 65.3. The summed E-state index contributed by atoms with van der Waals surface area (Å²) in [5.74, 6) is -7.72. The number of hydrogen-bond donors (Lipinski definition) is 16. The van der Waals surface area contributed by atoms with Crippen molar-refractivity contribution in [2.24, 2.45) is 21.6 Å². The van der Waals surface area contributed by atoms with Gasteiger partial charge in [-0.3, -0.25) is 67.7 Å². The van der Waals surface area contributed by atoms with Crippen LogP contribution >= 0.6 is 11.6 Å². The third-order valence-corrected chi connectivity index (χ3v) is 18.7. The summed E-state index contributed by atoms with van der Waals surface area (Å²) in [4.78, 5) is 172. The molecule has 0 radical (unpaired) electrons. The van der Waals surface area contributed by atoms with Gasteiger partial charge in [0.1, 0.15) is 66.2 Å². The van der Waals surface area contributed by atoms with Crippen molar-refractivity contribution in [1.82, 2.24) is 79.0 Å². The van der Waals surface area contributed by atoms with E-state index >= 15 is 9.59 Å². The van der Waals surface area contributed by atoms with Gasteiger partial charge in [-0.05, 0) is 162 Å². The van der Waals surface area contributed by atoms with Gasteiger partial charge in [-0.25, -0.2) is 0 Å². The van der Waals surface area contributed by atoms with Crippen molar-refractivity contribution in [3.63, 3.8) is 0 Å². The van der Waals surface area contributed by atoms with Gasteiger partial charge in [-0.15, -0.1) is 0 Å². The van der Waals surface area contributed by atoms with Crippen molar-refractivity contribution in [3.05, 3.63) is 143 Å². The Labute approximate surface area is 660 Å². The fourth-order valence-electron chi connectivity index (χ4n) is 12.7. The Morgan fingerprint density at radius 2 is 0.964 bits per heavy atom. The molecule has 0 bridgehead atoms. The van der Waals surface area contributed by atoms with E-state index in [2.05, 4.69) is 84.1 Å². The highest BCUT2D eigenvalue weighted by molar-refractivity contribution is 6.30. The zero-order chi connectivity index (χ0) is 81.7. The number of phenols is 1. The number of aromatic nitrogens is 1. The largest absolute Gasteiger partial charge is 0.508 e. The summed E-state index contributed by atoms with van der Waals surface area (Å²) < 4.78 is 0. The van der Waals surface area contributed by atoms with Crippen LogP contribution in [0.4, 0.5) is 0 Å². The van der Waals surface area contributed by atoms with Crippen molar-refractivity contribution in [1.29, 1.82) is 0 Å². The number of nitrogens with two attached hydrogens (primary N) is 1. The molecule has 1 fully saturated rings. The van der Waals surface area contributed by atoms with E-state index in [9.17, 15) is 53.4 Å². The quantitative estimate of drug-likeness (QED) is 0.0151. The van der Waals surface area contributed by atoms with Gasteiger partial charge >= 0.3 is 0 Å². The number of rotatable bonds is 44. The Morgan fingerprint density at radius 3 is 1.47 bits per heavy atom. The molecule has 1 aliphatic heterocycles. The molecule has 0 aliphatic carbocycles. The Balaban J connectivity index is 1.29. The summed E-state index contributed by atoms with van der Waals surface area (Å²) in [6.07, 6.45) is 4.77. The number of carbonyl (C=O) groups is 11. The lowest BCUT2D eigenvalue weighted by molar-refractivity contribution is -0.142. The van der Waals surface area contributed by atoms with Gasteiger partial charge < -0.3 is 90.0 Å². The van der Waals surface area contributed by atoms with Crippen LogP contribution in [-0.4, -0.2) is 210 Å². The number of primary amides is 1. The number of benzene rings is 4. The minimum atomic E-state index is -1.82. The molecule has 4 aromatic carbocycles. The number of aliphatic imine (C=N–C) groups is 2. The Hall–Kier alpha value is -10.9. The lowest BCUT2D eigenvalue weighted by Gasteiger charge is -2.31. The number of unbranched alkanes of at least 4 members (excludes halogenated alkanes) is 2. The summed E-state index contributed by atoms with van der Waals surface area (Å²) in [5, 5.41) is 60.9. The van der Waals surface area contributed by atoms with Crippen molar-refractivity contribution in [2.45, 2.75) is 199 Å². The Morgan fingerprint density at radius 1 is 0.518 bits per heavy atom. The van der Waals surface area contributed by atoms with E-state index in [0.29, 0.717) is 104 Å². The van der Waals surface area contributed by atoms with Crippen LogP contribution in [0.5, 0.6) is 5.75 Å². The van der Waals surface area contributed by atoms with Gasteiger partial charge in [0.25, 0.3) is 0 Å². The number of nitrogens with one attached hydrogen (secondary N) is 13. The first-order valence-corrected chi connectivity index (χ1v) is 38.9. The summed E-state index contributed by atoms with van der Waals surface area (Å²) >= 11 is 6.26. The first-order valence-electron chi connectivity index (χ1n) is 38.6. The summed E-state index contributed by atoms with van der Waals surface area (Å²) in [6.45, 7) is 16.3. The maximum atomic E-state index is 15.2.